The molecule has 0 spiro atoms. The molecule has 2 fully saturated rings. The molecular formula is C19H19F2NO. The molecule has 2 aliphatic rings. The first kappa shape index (κ1) is 14.6. The molecule has 1 unspecified atom stereocenters. The summed E-state index contributed by atoms with van der Waals surface area (Å²) in [6.45, 7) is 0. The Morgan fingerprint density at radius 2 is 1.61 bits per heavy atom. The molecule has 4 rings (SSSR count). The zero-order chi connectivity index (χ0) is 15.8. The molecule has 3 atom stereocenters. The maximum absolute atomic E-state index is 14.1. The Hall–Kier alpha value is -1.94. The van der Waals surface area contributed by atoms with E-state index < -0.39 is 11.6 Å². The Kier molecular flexibility index (Phi) is 3.77. The third-order valence-electron chi connectivity index (χ3n) is 4.83. The predicted octanol–water partition coefficient (Wildman–Crippen LogP) is 4.29. The molecule has 0 aromatic heterocycles. The quantitative estimate of drug-likeness (QED) is 0.912. The van der Waals surface area contributed by atoms with Crippen LogP contribution in [0.1, 0.15) is 25.7 Å². The Labute approximate surface area is 134 Å². The highest BCUT2D eigenvalue weighted by Gasteiger charge is 2.35. The van der Waals surface area contributed by atoms with Gasteiger partial charge in [0.05, 0.1) is 0 Å². The molecule has 0 amide bonds. The fourth-order valence-electron chi connectivity index (χ4n) is 3.73. The van der Waals surface area contributed by atoms with Crippen molar-refractivity contribution < 1.29 is 13.5 Å². The van der Waals surface area contributed by atoms with Crippen LogP contribution in [0.2, 0.25) is 0 Å². The lowest BCUT2D eigenvalue weighted by molar-refractivity contribution is 0.131. The highest BCUT2D eigenvalue weighted by molar-refractivity contribution is 5.65. The maximum Gasteiger partial charge on any atom is 0.200 e. The summed E-state index contributed by atoms with van der Waals surface area (Å²) in [4.78, 5) is 0. The minimum Gasteiger partial charge on any atom is -0.487 e. The molecule has 2 aromatic carbocycles. The van der Waals surface area contributed by atoms with E-state index in [0.717, 1.165) is 31.2 Å². The zero-order valence-corrected chi connectivity index (χ0v) is 12.8. The molecule has 2 bridgehead atoms. The van der Waals surface area contributed by atoms with Gasteiger partial charge in [-0.3, -0.25) is 0 Å². The van der Waals surface area contributed by atoms with Crippen LogP contribution in [0.25, 0.3) is 11.1 Å². The van der Waals surface area contributed by atoms with E-state index in [1.807, 2.05) is 30.3 Å². The lowest BCUT2D eigenvalue weighted by atomic mass is 10.0. The summed E-state index contributed by atoms with van der Waals surface area (Å²) in [5.74, 6) is -1.73. The number of hydrogen-bond donors (Lipinski definition) is 1. The molecule has 120 valence electrons. The largest absolute Gasteiger partial charge is 0.487 e. The summed E-state index contributed by atoms with van der Waals surface area (Å²) < 4.78 is 34.0. The molecule has 2 saturated heterocycles. The van der Waals surface area contributed by atoms with Crippen LogP contribution >= 0.6 is 0 Å². The number of fused-ring (bicyclic) bond motifs is 2. The number of hydrogen-bond acceptors (Lipinski definition) is 2. The van der Waals surface area contributed by atoms with Gasteiger partial charge >= 0.3 is 0 Å². The van der Waals surface area contributed by atoms with Crippen LogP contribution in [0.5, 0.6) is 5.75 Å². The molecule has 0 aliphatic carbocycles. The van der Waals surface area contributed by atoms with Crippen LogP contribution in [0, 0.1) is 11.6 Å². The predicted molar refractivity (Wildman–Crippen MR) is 85.4 cm³/mol. The first-order chi connectivity index (χ1) is 11.2. The van der Waals surface area contributed by atoms with Gasteiger partial charge in [0.25, 0.3) is 0 Å². The Morgan fingerprint density at radius 3 is 2.30 bits per heavy atom. The molecule has 1 N–H and O–H groups in total. The van der Waals surface area contributed by atoms with Crippen molar-refractivity contribution in [2.75, 3.05) is 0 Å². The fourth-order valence-corrected chi connectivity index (χ4v) is 3.73. The average molecular weight is 315 g/mol. The van der Waals surface area contributed by atoms with Gasteiger partial charge in [0.2, 0.25) is 5.82 Å². The van der Waals surface area contributed by atoms with E-state index in [1.165, 1.54) is 6.07 Å². The number of piperidine rings is 1. The summed E-state index contributed by atoms with van der Waals surface area (Å²) in [7, 11) is 0. The van der Waals surface area contributed by atoms with E-state index in [2.05, 4.69) is 5.32 Å². The van der Waals surface area contributed by atoms with Crippen molar-refractivity contribution in [1.29, 1.82) is 0 Å². The zero-order valence-electron chi connectivity index (χ0n) is 12.8. The van der Waals surface area contributed by atoms with Crippen LogP contribution in [-0.2, 0) is 0 Å². The van der Waals surface area contributed by atoms with Gasteiger partial charge in [0, 0.05) is 12.1 Å². The van der Waals surface area contributed by atoms with Gasteiger partial charge in [-0.2, -0.15) is 4.39 Å². The van der Waals surface area contributed by atoms with Crippen molar-refractivity contribution in [2.24, 2.45) is 0 Å². The minimum atomic E-state index is -0.893. The molecule has 0 radical (unpaired) electrons. The fraction of sp³-hybridized carbons (Fsp3) is 0.368. The first-order valence-electron chi connectivity index (χ1n) is 8.16. The van der Waals surface area contributed by atoms with Crippen LogP contribution in [0.3, 0.4) is 0 Å². The third kappa shape index (κ3) is 2.95. The smallest absolute Gasteiger partial charge is 0.200 e. The summed E-state index contributed by atoms with van der Waals surface area (Å²) in [5, 5.41) is 3.52. The van der Waals surface area contributed by atoms with Gasteiger partial charge in [0.15, 0.2) is 11.6 Å². The highest BCUT2D eigenvalue weighted by atomic mass is 19.2. The van der Waals surface area contributed by atoms with Crippen LogP contribution in [0.15, 0.2) is 42.5 Å². The van der Waals surface area contributed by atoms with Crippen molar-refractivity contribution in [1.82, 2.24) is 5.32 Å². The van der Waals surface area contributed by atoms with Gasteiger partial charge in [-0.15, -0.1) is 0 Å². The second-order valence-electron chi connectivity index (χ2n) is 6.49. The molecule has 2 aliphatic heterocycles. The second kappa shape index (κ2) is 5.93. The van der Waals surface area contributed by atoms with Crippen molar-refractivity contribution in [3.63, 3.8) is 0 Å². The van der Waals surface area contributed by atoms with Gasteiger partial charge in [-0.25, -0.2) is 4.39 Å². The lowest BCUT2D eigenvalue weighted by Gasteiger charge is -2.29. The van der Waals surface area contributed by atoms with Crippen LogP contribution in [0.4, 0.5) is 8.78 Å². The molecule has 2 aromatic rings. The second-order valence-corrected chi connectivity index (χ2v) is 6.49. The summed E-state index contributed by atoms with van der Waals surface area (Å²) >= 11 is 0. The lowest BCUT2D eigenvalue weighted by Crippen LogP contribution is -2.42. The van der Waals surface area contributed by atoms with Gasteiger partial charge in [-0.05, 0) is 48.9 Å². The van der Waals surface area contributed by atoms with Gasteiger partial charge in [-0.1, -0.05) is 30.3 Å². The number of nitrogens with one attached hydrogen (secondary N) is 1. The maximum atomic E-state index is 14.1. The summed E-state index contributed by atoms with van der Waals surface area (Å²) in [6, 6.07) is 13.1. The number of halogens is 2. The highest BCUT2D eigenvalue weighted by Crippen LogP contribution is 2.33. The number of rotatable bonds is 3. The van der Waals surface area contributed by atoms with E-state index in [9.17, 15) is 8.78 Å². The van der Waals surface area contributed by atoms with Crippen LogP contribution in [-0.4, -0.2) is 18.2 Å². The van der Waals surface area contributed by atoms with Crippen molar-refractivity contribution in [3.05, 3.63) is 54.1 Å². The molecule has 23 heavy (non-hydrogen) atoms. The molecule has 2 heterocycles. The van der Waals surface area contributed by atoms with Crippen molar-refractivity contribution in [3.8, 4) is 16.9 Å². The average Bonchev–Trinajstić information content (AvgIpc) is 2.91. The topological polar surface area (TPSA) is 21.3 Å². The molecule has 4 heteroatoms. The first-order valence-corrected chi connectivity index (χ1v) is 8.16. The van der Waals surface area contributed by atoms with E-state index in [1.54, 1.807) is 6.07 Å². The molecule has 2 nitrogen and oxygen atoms in total. The van der Waals surface area contributed by atoms with E-state index in [0.29, 0.717) is 17.6 Å². The van der Waals surface area contributed by atoms with Crippen molar-refractivity contribution in [2.45, 2.75) is 43.9 Å². The number of benzene rings is 2. The van der Waals surface area contributed by atoms with E-state index >= 15 is 0 Å². The van der Waals surface area contributed by atoms with Crippen molar-refractivity contribution >= 4 is 0 Å². The SMILES string of the molecule is Fc1cc(-c2ccccc2)cc(OC2C[C@H]3CC[C@@H](C2)N3)c1F. The Balaban J connectivity index is 1.61. The Morgan fingerprint density at radius 1 is 0.913 bits per heavy atom. The molecule has 0 saturated carbocycles. The summed E-state index contributed by atoms with van der Waals surface area (Å²) in [6.07, 6.45) is 3.95. The monoisotopic (exact) mass is 315 g/mol. The third-order valence-corrected chi connectivity index (χ3v) is 4.83. The minimum absolute atomic E-state index is 0.0233. The van der Waals surface area contributed by atoms with Crippen LogP contribution < -0.4 is 10.1 Å². The van der Waals surface area contributed by atoms with Gasteiger partial charge in [0.1, 0.15) is 6.10 Å². The number of ether oxygens (including phenoxy) is 1. The van der Waals surface area contributed by atoms with E-state index in [-0.39, 0.29) is 11.9 Å². The normalized spacial score (nSPS) is 26.3. The van der Waals surface area contributed by atoms with Gasteiger partial charge < -0.3 is 10.1 Å². The molecular weight excluding hydrogens is 296 g/mol. The Bertz CT molecular complexity index is 692. The van der Waals surface area contributed by atoms with E-state index in [4.69, 9.17) is 4.74 Å². The summed E-state index contributed by atoms with van der Waals surface area (Å²) in [5.41, 5.74) is 1.48. The standard InChI is InChI=1S/C19H19F2NO/c20-17-8-13(12-4-2-1-3-5-12)9-18(19(17)21)23-16-10-14-6-7-15(11-16)22-14/h1-5,8-9,14-16,22H,6-7,10-11H2/t14-,15+,16?.